The van der Waals surface area contributed by atoms with E-state index in [1.54, 1.807) is 0 Å². The maximum Gasteiger partial charge on any atom is 0.234 e. The van der Waals surface area contributed by atoms with Crippen LogP contribution >= 0.6 is 0 Å². The summed E-state index contributed by atoms with van der Waals surface area (Å²) in [6, 6.07) is 19.1. The molecule has 2 aliphatic carbocycles. The number of hydrogen-bond donors (Lipinski definition) is 1. The molecule has 0 aliphatic heterocycles. The van der Waals surface area contributed by atoms with E-state index in [9.17, 15) is 0 Å². The summed E-state index contributed by atoms with van der Waals surface area (Å²) in [6.45, 7) is 0. The quantitative estimate of drug-likeness (QED) is 0.454. The van der Waals surface area contributed by atoms with Gasteiger partial charge in [-0.1, -0.05) is 60.7 Å². The van der Waals surface area contributed by atoms with Crippen LogP contribution in [-0.2, 0) is 5.54 Å². The van der Waals surface area contributed by atoms with Gasteiger partial charge in [0.25, 0.3) is 0 Å². The molecule has 4 nitrogen and oxygen atoms in total. The molecule has 2 aromatic carbocycles. The highest BCUT2D eigenvalue weighted by molar-refractivity contribution is 5.81. The Labute approximate surface area is 182 Å². The Morgan fingerprint density at radius 2 is 1.74 bits per heavy atom. The van der Waals surface area contributed by atoms with Crippen molar-refractivity contribution in [3.8, 4) is 22.4 Å². The van der Waals surface area contributed by atoms with E-state index in [4.69, 9.17) is 10.7 Å². The SMILES string of the molecule is NC1(c2ccc(-c3nc4ncc(C=CC5CC5)n4cc3-c3ccccc3)cc2)CCC1. The lowest BCUT2D eigenvalue weighted by Gasteiger charge is -2.38. The number of allylic oxidation sites excluding steroid dienone is 1. The van der Waals surface area contributed by atoms with Crippen LogP contribution in [0.25, 0.3) is 34.2 Å². The molecule has 0 atom stereocenters. The number of fused-ring (bicyclic) bond motifs is 1. The average Bonchev–Trinajstić information content (AvgIpc) is 3.55. The van der Waals surface area contributed by atoms with Crippen LogP contribution in [0.4, 0.5) is 0 Å². The van der Waals surface area contributed by atoms with Gasteiger partial charge in [-0.3, -0.25) is 4.40 Å². The lowest BCUT2D eigenvalue weighted by atomic mass is 9.72. The van der Waals surface area contributed by atoms with E-state index in [0.717, 1.165) is 52.6 Å². The van der Waals surface area contributed by atoms with Crippen molar-refractivity contribution >= 4 is 11.9 Å². The summed E-state index contributed by atoms with van der Waals surface area (Å²) in [6.07, 6.45) is 14.5. The second-order valence-corrected chi connectivity index (χ2v) is 9.01. The third-order valence-electron chi connectivity index (χ3n) is 6.76. The zero-order chi connectivity index (χ0) is 20.8. The fourth-order valence-electron chi connectivity index (χ4n) is 4.43. The van der Waals surface area contributed by atoms with Crippen molar-refractivity contribution in [2.75, 3.05) is 0 Å². The van der Waals surface area contributed by atoms with Gasteiger partial charge in [-0.2, -0.15) is 0 Å². The first-order valence-electron chi connectivity index (χ1n) is 11.2. The molecule has 2 aliphatic rings. The summed E-state index contributed by atoms with van der Waals surface area (Å²) < 4.78 is 2.10. The van der Waals surface area contributed by atoms with Gasteiger partial charge in [0.1, 0.15) is 0 Å². The minimum absolute atomic E-state index is 0.149. The van der Waals surface area contributed by atoms with E-state index in [2.05, 4.69) is 76.3 Å². The number of benzene rings is 2. The molecule has 0 saturated heterocycles. The van der Waals surface area contributed by atoms with E-state index in [-0.39, 0.29) is 5.54 Å². The lowest BCUT2D eigenvalue weighted by molar-refractivity contribution is 0.253. The standard InChI is InChI=1S/C27H26N4/c28-27(15-4-16-27)22-12-10-21(11-13-22)25-24(20-5-2-1-3-6-20)18-31-23(14-9-19-7-8-19)17-29-26(31)30-25/h1-3,5-6,9-14,17-19H,4,7-8,15-16,28H2. The number of nitrogens with two attached hydrogens (primary N) is 1. The Morgan fingerprint density at radius 3 is 2.42 bits per heavy atom. The first-order valence-corrected chi connectivity index (χ1v) is 11.2. The molecule has 6 rings (SSSR count). The maximum atomic E-state index is 6.53. The molecule has 2 saturated carbocycles. The summed E-state index contributed by atoms with van der Waals surface area (Å²) in [5.74, 6) is 1.45. The summed E-state index contributed by atoms with van der Waals surface area (Å²) >= 11 is 0. The average molecular weight is 407 g/mol. The molecule has 0 bridgehead atoms. The predicted molar refractivity (Wildman–Crippen MR) is 125 cm³/mol. The highest BCUT2D eigenvalue weighted by Crippen LogP contribution is 2.40. The summed E-state index contributed by atoms with van der Waals surface area (Å²) in [5.41, 5.74) is 13.0. The Balaban J connectivity index is 1.47. The second kappa shape index (κ2) is 7.17. The minimum Gasteiger partial charge on any atom is -0.321 e. The first kappa shape index (κ1) is 18.5. The Hall–Kier alpha value is -3.24. The van der Waals surface area contributed by atoms with Crippen molar-refractivity contribution in [1.82, 2.24) is 14.4 Å². The zero-order valence-corrected chi connectivity index (χ0v) is 17.5. The lowest BCUT2D eigenvalue weighted by Crippen LogP contribution is -2.43. The summed E-state index contributed by atoms with van der Waals surface area (Å²) in [4.78, 5) is 9.60. The molecule has 2 fully saturated rings. The van der Waals surface area contributed by atoms with Crippen LogP contribution in [0, 0.1) is 5.92 Å². The van der Waals surface area contributed by atoms with Crippen LogP contribution < -0.4 is 5.73 Å². The van der Waals surface area contributed by atoms with Crippen molar-refractivity contribution in [2.45, 2.75) is 37.6 Å². The zero-order valence-electron chi connectivity index (χ0n) is 17.5. The fourth-order valence-corrected chi connectivity index (χ4v) is 4.43. The smallest absolute Gasteiger partial charge is 0.234 e. The Kier molecular flexibility index (Phi) is 4.29. The molecule has 154 valence electrons. The normalized spacial score (nSPS) is 17.8. The second-order valence-electron chi connectivity index (χ2n) is 9.01. The highest BCUT2D eigenvalue weighted by Gasteiger charge is 2.34. The van der Waals surface area contributed by atoms with Crippen LogP contribution in [0.1, 0.15) is 43.4 Å². The third-order valence-corrected chi connectivity index (χ3v) is 6.76. The van der Waals surface area contributed by atoms with Crippen LogP contribution in [0.15, 0.2) is 73.1 Å². The molecular weight excluding hydrogens is 380 g/mol. The number of rotatable bonds is 5. The molecule has 4 heteroatoms. The van der Waals surface area contributed by atoms with Gasteiger partial charge < -0.3 is 5.73 Å². The van der Waals surface area contributed by atoms with Gasteiger partial charge in [0.2, 0.25) is 5.78 Å². The molecule has 2 heterocycles. The molecule has 0 amide bonds. The minimum atomic E-state index is -0.149. The van der Waals surface area contributed by atoms with Gasteiger partial charge in [-0.05, 0) is 55.2 Å². The van der Waals surface area contributed by atoms with E-state index in [0.29, 0.717) is 0 Å². The number of nitrogens with zero attached hydrogens (tertiary/aromatic N) is 3. The largest absolute Gasteiger partial charge is 0.321 e. The van der Waals surface area contributed by atoms with E-state index >= 15 is 0 Å². The van der Waals surface area contributed by atoms with Crippen molar-refractivity contribution < 1.29 is 0 Å². The van der Waals surface area contributed by atoms with Crippen molar-refractivity contribution in [2.24, 2.45) is 11.7 Å². The first-order chi connectivity index (χ1) is 15.2. The van der Waals surface area contributed by atoms with Crippen molar-refractivity contribution in [3.63, 3.8) is 0 Å². The number of hydrogen-bond acceptors (Lipinski definition) is 3. The molecule has 2 aromatic heterocycles. The van der Waals surface area contributed by atoms with Gasteiger partial charge >= 0.3 is 0 Å². The topological polar surface area (TPSA) is 56.2 Å². The highest BCUT2D eigenvalue weighted by atomic mass is 15.1. The van der Waals surface area contributed by atoms with E-state index in [1.807, 2.05) is 12.3 Å². The van der Waals surface area contributed by atoms with Gasteiger partial charge in [0.15, 0.2) is 0 Å². The van der Waals surface area contributed by atoms with E-state index in [1.165, 1.54) is 24.8 Å². The van der Waals surface area contributed by atoms with Crippen molar-refractivity contribution in [3.05, 3.63) is 84.3 Å². The third kappa shape index (κ3) is 3.37. The maximum absolute atomic E-state index is 6.53. The van der Waals surface area contributed by atoms with Gasteiger partial charge in [0.05, 0.1) is 17.6 Å². The number of imidazole rings is 1. The Bertz CT molecular complexity index is 1260. The van der Waals surface area contributed by atoms with Crippen LogP contribution in [0.5, 0.6) is 0 Å². The predicted octanol–water partition coefficient (Wildman–Crippen LogP) is 5.82. The summed E-state index contributed by atoms with van der Waals surface area (Å²) in [7, 11) is 0. The molecule has 4 aromatic rings. The fraction of sp³-hybridized carbons (Fsp3) is 0.259. The van der Waals surface area contributed by atoms with Crippen LogP contribution in [0.2, 0.25) is 0 Å². The van der Waals surface area contributed by atoms with Gasteiger partial charge in [-0.15, -0.1) is 0 Å². The molecule has 31 heavy (non-hydrogen) atoms. The molecular formula is C27H26N4. The van der Waals surface area contributed by atoms with Gasteiger partial charge in [-0.25, -0.2) is 9.97 Å². The van der Waals surface area contributed by atoms with Crippen LogP contribution in [-0.4, -0.2) is 14.4 Å². The monoisotopic (exact) mass is 406 g/mol. The van der Waals surface area contributed by atoms with Crippen LogP contribution in [0.3, 0.4) is 0 Å². The Morgan fingerprint density at radius 1 is 0.968 bits per heavy atom. The molecule has 2 N–H and O–H groups in total. The summed E-state index contributed by atoms with van der Waals surface area (Å²) in [5, 5.41) is 0. The van der Waals surface area contributed by atoms with Gasteiger partial charge in [0, 0.05) is 22.9 Å². The molecule has 0 radical (unpaired) electrons. The number of aromatic nitrogens is 3. The molecule has 0 spiro atoms. The van der Waals surface area contributed by atoms with E-state index < -0.39 is 0 Å². The molecule has 0 unspecified atom stereocenters. The van der Waals surface area contributed by atoms with Crippen molar-refractivity contribution in [1.29, 1.82) is 0 Å².